The molecule has 0 amide bonds. The van der Waals surface area contributed by atoms with Gasteiger partial charge in [0, 0.05) is 17.5 Å². The van der Waals surface area contributed by atoms with E-state index in [4.69, 9.17) is 10.6 Å². The lowest BCUT2D eigenvalue weighted by Crippen LogP contribution is -2.07. The number of rotatable bonds is 3. The third kappa shape index (κ3) is 1.80. The molecule has 15 heavy (non-hydrogen) atoms. The molecule has 0 aliphatic carbocycles. The number of methoxy groups -OCH3 is 1. The number of hydrogen-bond acceptors (Lipinski definition) is 3. The van der Waals surface area contributed by atoms with Crippen LogP contribution in [0, 0.1) is 0 Å². The fourth-order valence-electron chi connectivity index (χ4n) is 1.49. The molecule has 0 spiro atoms. The summed E-state index contributed by atoms with van der Waals surface area (Å²) < 4.78 is 5.22. The quantitative estimate of drug-likeness (QED) is 0.528. The van der Waals surface area contributed by atoms with E-state index in [1.807, 2.05) is 36.5 Å². The van der Waals surface area contributed by atoms with Gasteiger partial charge in [0.2, 0.25) is 0 Å². The fraction of sp³-hybridized carbons (Fsp3) is 0.0909. The Morgan fingerprint density at radius 3 is 2.80 bits per heavy atom. The standard InChI is InChI=1S/C11H13N3O/c1-15-11-7-8(4-5-10(11)14-12)9-3-2-6-13-9/h2-7,13-14H,12H2,1H3. The molecule has 4 heteroatoms. The van der Waals surface area contributed by atoms with Gasteiger partial charge in [-0.3, -0.25) is 5.84 Å². The SMILES string of the molecule is COc1cc(-c2ccc[nH]2)ccc1NN. The van der Waals surface area contributed by atoms with Crippen molar-refractivity contribution in [2.75, 3.05) is 12.5 Å². The predicted molar refractivity (Wildman–Crippen MR) is 60.6 cm³/mol. The largest absolute Gasteiger partial charge is 0.495 e. The van der Waals surface area contributed by atoms with Gasteiger partial charge in [-0.25, -0.2) is 0 Å². The molecular weight excluding hydrogens is 190 g/mol. The number of nitrogens with two attached hydrogens (primary N) is 1. The smallest absolute Gasteiger partial charge is 0.143 e. The Morgan fingerprint density at radius 2 is 2.20 bits per heavy atom. The van der Waals surface area contributed by atoms with E-state index in [0.29, 0.717) is 0 Å². The molecule has 2 rings (SSSR count). The van der Waals surface area contributed by atoms with Crippen molar-refractivity contribution in [3.8, 4) is 17.0 Å². The van der Waals surface area contributed by atoms with Gasteiger partial charge in [-0.1, -0.05) is 6.07 Å². The van der Waals surface area contributed by atoms with Crippen molar-refractivity contribution < 1.29 is 4.74 Å². The zero-order valence-corrected chi connectivity index (χ0v) is 8.45. The molecule has 1 aromatic carbocycles. The number of aromatic nitrogens is 1. The van der Waals surface area contributed by atoms with Crippen LogP contribution < -0.4 is 16.0 Å². The summed E-state index contributed by atoms with van der Waals surface area (Å²) in [6, 6.07) is 9.75. The summed E-state index contributed by atoms with van der Waals surface area (Å²) in [6.45, 7) is 0. The maximum absolute atomic E-state index is 5.36. The molecule has 0 unspecified atom stereocenters. The van der Waals surface area contributed by atoms with Crippen molar-refractivity contribution in [3.05, 3.63) is 36.5 Å². The van der Waals surface area contributed by atoms with Crippen molar-refractivity contribution in [1.29, 1.82) is 0 Å². The van der Waals surface area contributed by atoms with Crippen LogP contribution in [0.1, 0.15) is 0 Å². The van der Waals surface area contributed by atoms with Crippen molar-refractivity contribution >= 4 is 5.69 Å². The topological polar surface area (TPSA) is 63.1 Å². The molecule has 4 nitrogen and oxygen atoms in total. The Kier molecular flexibility index (Phi) is 2.60. The molecule has 0 aliphatic heterocycles. The van der Waals surface area contributed by atoms with Crippen LogP contribution in [0.15, 0.2) is 36.5 Å². The number of hydrazine groups is 1. The van der Waals surface area contributed by atoms with Gasteiger partial charge in [-0.05, 0) is 24.3 Å². The average Bonchev–Trinajstić information content (AvgIpc) is 2.81. The lowest BCUT2D eigenvalue weighted by Gasteiger charge is -2.09. The van der Waals surface area contributed by atoms with Gasteiger partial charge in [0.1, 0.15) is 5.75 Å². The van der Waals surface area contributed by atoms with Crippen molar-refractivity contribution in [2.24, 2.45) is 5.84 Å². The fourth-order valence-corrected chi connectivity index (χ4v) is 1.49. The molecule has 0 saturated heterocycles. The van der Waals surface area contributed by atoms with Gasteiger partial charge >= 0.3 is 0 Å². The van der Waals surface area contributed by atoms with E-state index in [1.165, 1.54) is 0 Å². The molecule has 0 atom stereocenters. The Morgan fingerprint density at radius 1 is 1.33 bits per heavy atom. The van der Waals surface area contributed by atoms with E-state index in [0.717, 1.165) is 22.7 Å². The Balaban J connectivity index is 2.43. The van der Waals surface area contributed by atoms with E-state index in [1.54, 1.807) is 7.11 Å². The molecule has 1 aromatic heterocycles. The Hall–Kier alpha value is -1.94. The summed E-state index contributed by atoms with van der Waals surface area (Å²) >= 11 is 0. The zero-order valence-electron chi connectivity index (χ0n) is 8.45. The van der Waals surface area contributed by atoms with Crippen molar-refractivity contribution in [1.82, 2.24) is 4.98 Å². The number of H-pyrrole nitrogens is 1. The summed E-state index contributed by atoms with van der Waals surface area (Å²) in [4.78, 5) is 3.14. The second-order valence-electron chi connectivity index (χ2n) is 3.14. The molecule has 2 aromatic rings. The maximum Gasteiger partial charge on any atom is 0.143 e. The third-order valence-electron chi connectivity index (χ3n) is 2.27. The second-order valence-corrected chi connectivity index (χ2v) is 3.14. The normalized spacial score (nSPS) is 10.0. The molecule has 0 saturated carbocycles. The molecule has 4 N–H and O–H groups in total. The zero-order chi connectivity index (χ0) is 10.7. The number of anilines is 1. The van der Waals surface area contributed by atoms with Gasteiger partial charge < -0.3 is 15.1 Å². The van der Waals surface area contributed by atoms with Crippen LogP contribution in [0.5, 0.6) is 5.75 Å². The van der Waals surface area contributed by atoms with Crippen LogP contribution in [-0.2, 0) is 0 Å². The highest BCUT2D eigenvalue weighted by Gasteiger charge is 2.04. The lowest BCUT2D eigenvalue weighted by molar-refractivity contribution is 0.416. The predicted octanol–water partition coefficient (Wildman–Crippen LogP) is 1.98. The minimum atomic E-state index is 0.726. The van der Waals surface area contributed by atoms with E-state index in [-0.39, 0.29) is 0 Å². The van der Waals surface area contributed by atoms with Gasteiger partial charge in [0.05, 0.1) is 12.8 Å². The minimum Gasteiger partial charge on any atom is -0.495 e. The summed E-state index contributed by atoms with van der Waals surface area (Å²) in [5, 5.41) is 0. The lowest BCUT2D eigenvalue weighted by atomic mass is 10.1. The highest BCUT2D eigenvalue weighted by atomic mass is 16.5. The molecule has 78 valence electrons. The molecule has 0 aliphatic rings. The van der Waals surface area contributed by atoms with Crippen molar-refractivity contribution in [2.45, 2.75) is 0 Å². The highest BCUT2D eigenvalue weighted by molar-refractivity contribution is 5.68. The van der Waals surface area contributed by atoms with Crippen LogP contribution in [0.2, 0.25) is 0 Å². The summed E-state index contributed by atoms with van der Waals surface area (Å²) in [6.07, 6.45) is 1.89. The second kappa shape index (κ2) is 4.06. The van der Waals surface area contributed by atoms with E-state index in [2.05, 4.69) is 10.4 Å². The molecular formula is C11H13N3O. The van der Waals surface area contributed by atoms with Gasteiger partial charge in [-0.2, -0.15) is 0 Å². The Bertz CT molecular complexity index is 437. The molecule has 0 fully saturated rings. The first-order chi connectivity index (χ1) is 7.35. The number of nitrogen functional groups attached to an aromatic ring is 1. The first-order valence-electron chi connectivity index (χ1n) is 4.63. The Labute approximate surface area is 88.0 Å². The first kappa shape index (κ1) is 9.61. The van der Waals surface area contributed by atoms with Gasteiger partial charge in [0.15, 0.2) is 0 Å². The number of ether oxygens (including phenoxy) is 1. The van der Waals surface area contributed by atoms with Crippen LogP contribution in [0.3, 0.4) is 0 Å². The average molecular weight is 203 g/mol. The summed E-state index contributed by atoms with van der Waals surface area (Å²) in [5.74, 6) is 6.08. The molecule has 0 radical (unpaired) electrons. The summed E-state index contributed by atoms with van der Waals surface area (Å²) in [7, 11) is 1.62. The minimum absolute atomic E-state index is 0.726. The van der Waals surface area contributed by atoms with Crippen LogP contribution in [0.25, 0.3) is 11.3 Å². The highest BCUT2D eigenvalue weighted by Crippen LogP contribution is 2.29. The van der Waals surface area contributed by atoms with E-state index >= 15 is 0 Å². The number of hydrogen-bond donors (Lipinski definition) is 3. The maximum atomic E-state index is 5.36. The summed E-state index contributed by atoms with van der Waals surface area (Å²) in [5.41, 5.74) is 5.47. The van der Waals surface area contributed by atoms with E-state index in [9.17, 15) is 0 Å². The molecule has 1 heterocycles. The number of nitrogens with one attached hydrogen (secondary N) is 2. The number of benzene rings is 1. The van der Waals surface area contributed by atoms with Crippen molar-refractivity contribution in [3.63, 3.8) is 0 Å². The van der Waals surface area contributed by atoms with Crippen LogP contribution in [-0.4, -0.2) is 12.1 Å². The van der Waals surface area contributed by atoms with E-state index < -0.39 is 0 Å². The molecule has 0 bridgehead atoms. The third-order valence-corrected chi connectivity index (χ3v) is 2.27. The monoisotopic (exact) mass is 203 g/mol. The van der Waals surface area contributed by atoms with Crippen LogP contribution in [0.4, 0.5) is 5.69 Å². The number of aromatic amines is 1. The van der Waals surface area contributed by atoms with Crippen LogP contribution >= 0.6 is 0 Å². The van der Waals surface area contributed by atoms with Gasteiger partial charge in [-0.15, -0.1) is 0 Å². The first-order valence-corrected chi connectivity index (χ1v) is 4.63. The van der Waals surface area contributed by atoms with Gasteiger partial charge in [0.25, 0.3) is 0 Å².